The second kappa shape index (κ2) is 10.8. The largest absolute Gasteiger partial charge is 0.368 e. The molecule has 0 unspecified atom stereocenters. The van der Waals surface area contributed by atoms with E-state index in [1.807, 2.05) is 24.3 Å². The van der Waals surface area contributed by atoms with Gasteiger partial charge in [-0.2, -0.15) is 4.31 Å². The van der Waals surface area contributed by atoms with Crippen LogP contribution in [0.4, 0.5) is 0 Å². The van der Waals surface area contributed by atoms with Crippen molar-refractivity contribution in [3.8, 4) is 0 Å². The Bertz CT molecular complexity index is 1230. The van der Waals surface area contributed by atoms with E-state index >= 15 is 0 Å². The fraction of sp³-hybridized carbons (Fsp3) is 0.375. The number of halogens is 1. The number of carbonyl (C=O) groups excluding carboxylic acids is 2. The fourth-order valence-electron chi connectivity index (χ4n) is 3.78. The third-order valence-electron chi connectivity index (χ3n) is 5.86. The number of sulfonamides is 1. The summed E-state index contributed by atoms with van der Waals surface area (Å²) >= 11 is 6.09. The maximum Gasteiger partial charge on any atom is 0.245 e. The number of benzene rings is 2. The van der Waals surface area contributed by atoms with Crippen LogP contribution in [0.5, 0.6) is 0 Å². The summed E-state index contributed by atoms with van der Waals surface area (Å²) in [6, 6.07) is 13.7. The molecule has 0 spiro atoms. The minimum Gasteiger partial charge on any atom is -0.368 e. The van der Waals surface area contributed by atoms with Crippen molar-refractivity contribution in [2.24, 2.45) is 4.99 Å². The Kier molecular flexibility index (Phi) is 7.73. The van der Waals surface area contributed by atoms with Crippen LogP contribution in [-0.4, -0.2) is 74.5 Å². The molecule has 9 nitrogen and oxygen atoms in total. The lowest BCUT2D eigenvalue weighted by atomic mass is 10.1. The van der Waals surface area contributed by atoms with Gasteiger partial charge in [-0.05, 0) is 30.5 Å². The number of hydrogen-bond acceptors (Lipinski definition) is 6. The number of hydrogen-bond donors (Lipinski definition) is 2. The summed E-state index contributed by atoms with van der Waals surface area (Å²) in [6.07, 6.45) is 1.36. The maximum atomic E-state index is 13.1. The summed E-state index contributed by atoms with van der Waals surface area (Å²) in [5.74, 6) is 0.0557. The monoisotopic (exact) mass is 517 g/mol. The van der Waals surface area contributed by atoms with Gasteiger partial charge in [-0.3, -0.25) is 14.6 Å². The number of nitrogens with one attached hydrogen (secondary N) is 2. The van der Waals surface area contributed by atoms with Crippen LogP contribution < -0.4 is 10.6 Å². The lowest BCUT2D eigenvalue weighted by Gasteiger charge is -2.22. The van der Waals surface area contributed by atoms with Crippen LogP contribution in [0.25, 0.3) is 0 Å². The molecule has 35 heavy (non-hydrogen) atoms. The first kappa shape index (κ1) is 25.2. The molecule has 2 N–H and O–H groups in total. The first-order chi connectivity index (χ1) is 16.8. The molecule has 1 fully saturated rings. The second-order valence-electron chi connectivity index (χ2n) is 8.59. The average Bonchev–Trinajstić information content (AvgIpc) is 3.53. The highest BCUT2D eigenvalue weighted by Gasteiger charge is 2.40. The predicted molar refractivity (Wildman–Crippen MR) is 134 cm³/mol. The summed E-state index contributed by atoms with van der Waals surface area (Å²) in [5, 5.41) is 5.88. The van der Waals surface area contributed by atoms with Crippen molar-refractivity contribution in [1.82, 2.24) is 19.8 Å². The molecule has 11 heteroatoms. The van der Waals surface area contributed by atoms with Crippen LogP contribution in [0, 0.1) is 0 Å². The first-order valence-corrected chi connectivity index (χ1v) is 13.2. The van der Waals surface area contributed by atoms with E-state index in [2.05, 4.69) is 15.6 Å². The molecule has 2 amide bonds. The molecule has 1 saturated carbocycles. The standard InChI is InChI=1S/C24H28ClN5O4S/c1-29(15-17-6-8-18(9-7-17)24-26-12-13-27-24)23(32)14-28-22(31)16-30(19-10-11-19)35(33,34)21-5-3-2-4-20(21)25/h2-9,19H,10-16H2,1H3,(H,26,27)(H,28,31). The van der Waals surface area contributed by atoms with Crippen molar-refractivity contribution in [3.05, 3.63) is 64.7 Å². The van der Waals surface area contributed by atoms with Crippen molar-refractivity contribution in [1.29, 1.82) is 0 Å². The Morgan fingerprint density at radius 3 is 2.49 bits per heavy atom. The molecule has 4 rings (SSSR count). The van der Waals surface area contributed by atoms with Crippen molar-refractivity contribution in [2.75, 3.05) is 33.2 Å². The Labute approximate surface area is 210 Å². The zero-order chi connectivity index (χ0) is 25.0. The molecule has 0 radical (unpaired) electrons. The lowest BCUT2D eigenvalue weighted by Crippen LogP contribution is -2.45. The molecule has 0 bridgehead atoms. The van der Waals surface area contributed by atoms with Gasteiger partial charge in [-0.15, -0.1) is 0 Å². The van der Waals surface area contributed by atoms with E-state index in [4.69, 9.17) is 11.6 Å². The van der Waals surface area contributed by atoms with Gasteiger partial charge >= 0.3 is 0 Å². The molecule has 1 aliphatic carbocycles. The number of amidine groups is 1. The third-order valence-corrected chi connectivity index (χ3v) is 8.26. The summed E-state index contributed by atoms with van der Waals surface area (Å²) < 4.78 is 27.4. The Balaban J connectivity index is 1.30. The molecule has 2 aromatic rings. The van der Waals surface area contributed by atoms with Crippen LogP contribution in [0.1, 0.15) is 24.0 Å². The fourth-order valence-corrected chi connectivity index (χ4v) is 5.92. The van der Waals surface area contributed by atoms with Gasteiger partial charge in [0, 0.05) is 31.7 Å². The molecular formula is C24H28ClN5O4S. The number of aliphatic imine (C=N–C) groups is 1. The number of likely N-dealkylation sites (N-methyl/N-ethyl adjacent to an activating group) is 1. The van der Waals surface area contributed by atoms with Gasteiger partial charge in [-0.25, -0.2) is 8.42 Å². The van der Waals surface area contributed by atoms with Gasteiger partial charge in [0.05, 0.1) is 24.7 Å². The smallest absolute Gasteiger partial charge is 0.245 e. The van der Waals surface area contributed by atoms with Crippen LogP contribution in [0.3, 0.4) is 0 Å². The van der Waals surface area contributed by atoms with Crippen LogP contribution >= 0.6 is 11.6 Å². The molecule has 2 aromatic carbocycles. The third kappa shape index (κ3) is 6.19. The number of amides is 2. The van der Waals surface area contributed by atoms with E-state index in [1.165, 1.54) is 21.3 Å². The highest BCUT2D eigenvalue weighted by atomic mass is 35.5. The van der Waals surface area contributed by atoms with Gasteiger partial charge in [-0.1, -0.05) is 48.0 Å². The van der Waals surface area contributed by atoms with Crippen molar-refractivity contribution < 1.29 is 18.0 Å². The summed E-state index contributed by atoms with van der Waals surface area (Å²) in [7, 11) is -2.28. The number of carbonyl (C=O) groups is 2. The van der Waals surface area contributed by atoms with E-state index in [0.717, 1.165) is 30.1 Å². The minimum absolute atomic E-state index is 0.0287. The predicted octanol–water partition coefficient (Wildman–Crippen LogP) is 1.62. The summed E-state index contributed by atoms with van der Waals surface area (Å²) in [5.41, 5.74) is 1.94. The molecule has 186 valence electrons. The minimum atomic E-state index is -3.94. The van der Waals surface area contributed by atoms with Crippen LogP contribution in [0.2, 0.25) is 5.02 Å². The normalized spacial score (nSPS) is 15.5. The van der Waals surface area contributed by atoms with E-state index in [1.54, 1.807) is 19.2 Å². The Hall–Kier alpha value is -2.95. The zero-order valence-electron chi connectivity index (χ0n) is 19.4. The second-order valence-corrected chi connectivity index (χ2v) is 10.9. The average molecular weight is 518 g/mol. The molecule has 0 aromatic heterocycles. The number of nitrogens with zero attached hydrogens (tertiary/aromatic N) is 3. The maximum absolute atomic E-state index is 13.1. The zero-order valence-corrected chi connectivity index (χ0v) is 21.0. The highest BCUT2D eigenvalue weighted by molar-refractivity contribution is 7.89. The first-order valence-electron chi connectivity index (χ1n) is 11.4. The van der Waals surface area contributed by atoms with Gasteiger partial charge in [0.2, 0.25) is 21.8 Å². The molecule has 2 aliphatic rings. The van der Waals surface area contributed by atoms with Gasteiger partial charge in [0.25, 0.3) is 0 Å². The Morgan fingerprint density at radius 2 is 1.86 bits per heavy atom. The van der Waals surface area contributed by atoms with Crippen LogP contribution in [0.15, 0.2) is 58.4 Å². The van der Waals surface area contributed by atoms with E-state index in [9.17, 15) is 18.0 Å². The van der Waals surface area contributed by atoms with Gasteiger partial charge < -0.3 is 15.5 Å². The molecule has 1 aliphatic heterocycles. The van der Waals surface area contributed by atoms with Gasteiger partial charge in [0.1, 0.15) is 10.7 Å². The van der Waals surface area contributed by atoms with E-state index in [-0.39, 0.29) is 35.0 Å². The molecule has 0 saturated heterocycles. The van der Waals surface area contributed by atoms with E-state index < -0.39 is 15.9 Å². The van der Waals surface area contributed by atoms with Crippen LogP contribution in [-0.2, 0) is 26.2 Å². The summed E-state index contributed by atoms with van der Waals surface area (Å²) in [4.78, 5) is 31.0. The molecule has 0 atom stereocenters. The topological polar surface area (TPSA) is 111 Å². The van der Waals surface area contributed by atoms with Crippen molar-refractivity contribution in [2.45, 2.75) is 30.3 Å². The Morgan fingerprint density at radius 1 is 1.14 bits per heavy atom. The molecular weight excluding hydrogens is 490 g/mol. The van der Waals surface area contributed by atoms with Crippen molar-refractivity contribution >= 4 is 39.3 Å². The van der Waals surface area contributed by atoms with Crippen molar-refractivity contribution in [3.63, 3.8) is 0 Å². The molecule has 1 heterocycles. The summed E-state index contributed by atoms with van der Waals surface area (Å²) in [6.45, 7) is 1.39. The van der Waals surface area contributed by atoms with E-state index in [0.29, 0.717) is 19.4 Å². The number of rotatable bonds is 10. The highest BCUT2D eigenvalue weighted by Crippen LogP contribution is 2.33. The lowest BCUT2D eigenvalue weighted by molar-refractivity contribution is -0.132. The SMILES string of the molecule is CN(Cc1ccc(C2=NCCN2)cc1)C(=O)CNC(=O)CN(C1CC1)S(=O)(=O)c1ccccc1Cl. The quantitative estimate of drug-likeness (QED) is 0.497. The van der Waals surface area contributed by atoms with Gasteiger partial charge in [0.15, 0.2) is 0 Å².